The SMILES string of the molecule is CCCCCCCCCCCCCC(=O)C(Oc1cccc(I)c1[N+](=O)[O-])C(=O)OCC. The largest absolute Gasteiger partial charge is 0.464 e. The fourth-order valence-corrected chi connectivity index (χ4v) is 4.12. The molecule has 0 amide bonds. The summed E-state index contributed by atoms with van der Waals surface area (Å²) in [6.07, 6.45) is 11.4. The second-order valence-electron chi connectivity index (χ2n) is 7.85. The number of nitro groups is 1. The number of Topliss-reactive ketones (excluding diaryl/α,β-unsaturated/α-hetero) is 1. The van der Waals surface area contributed by atoms with Gasteiger partial charge in [-0.1, -0.05) is 77.2 Å². The summed E-state index contributed by atoms with van der Waals surface area (Å²) < 4.78 is 10.9. The molecule has 7 nitrogen and oxygen atoms in total. The zero-order valence-corrected chi connectivity index (χ0v) is 21.4. The highest BCUT2D eigenvalue weighted by Gasteiger charge is 2.32. The van der Waals surface area contributed by atoms with E-state index in [0.717, 1.165) is 19.3 Å². The molecule has 0 heterocycles. The third kappa shape index (κ3) is 10.7. The Morgan fingerprint density at radius 2 is 1.53 bits per heavy atom. The van der Waals surface area contributed by atoms with Crippen LogP contribution in [0.15, 0.2) is 18.2 Å². The predicted molar refractivity (Wildman–Crippen MR) is 133 cm³/mol. The Labute approximate surface area is 204 Å². The van der Waals surface area contributed by atoms with Gasteiger partial charge in [-0.05, 0) is 48.1 Å². The number of para-hydroxylation sites is 1. The van der Waals surface area contributed by atoms with E-state index in [0.29, 0.717) is 9.99 Å². The Bertz CT molecular complexity index is 724. The molecule has 0 saturated heterocycles. The van der Waals surface area contributed by atoms with Crippen LogP contribution in [0.5, 0.6) is 5.75 Å². The topological polar surface area (TPSA) is 95.7 Å². The Kier molecular flexibility index (Phi) is 14.9. The number of ether oxygens (including phenoxy) is 2. The molecule has 180 valence electrons. The molecule has 0 aliphatic heterocycles. The fourth-order valence-electron chi connectivity index (χ4n) is 3.45. The highest BCUT2D eigenvalue weighted by atomic mass is 127. The number of halogens is 1. The van der Waals surface area contributed by atoms with Gasteiger partial charge in [-0.2, -0.15) is 0 Å². The van der Waals surface area contributed by atoms with Gasteiger partial charge in [0.15, 0.2) is 11.5 Å². The van der Waals surface area contributed by atoms with Crippen molar-refractivity contribution in [2.45, 2.75) is 97.0 Å². The first-order valence-corrected chi connectivity index (χ1v) is 12.8. The minimum Gasteiger partial charge on any atom is -0.464 e. The third-order valence-corrected chi connectivity index (χ3v) is 6.07. The van der Waals surface area contributed by atoms with E-state index in [1.807, 2.05) is 22.6 Å². The summed E-state index contributed by atoms with van der Waals surface area (Å²) in [4.78, 5) is 35.8. The number of carbonyl (C=O) groups excluding carboxylic acids is 2. The van der Waals surface area contributed by atoms with Crippen LogP contribution in [0, 0.1) is 13.7 Å². The maximum Gasteiger partial charge on any atom is 0.355 e. The van der Waals surface area contributed by atoms with Crippen LogP contribution in [-0.4, -0.2) is 29.4 Å². The summed E-state index contributed by atoms with van der Waals surface area (Å²) in [7, 11) is 0. The highest BCUT2D eigenvalue weighted by Crippen LogP contribution is 2.32. The number of ketones is 1. The van der Waals surface area contributed by atoms with Crippen molar-refractivity contribution in [3.05, 3.63) is 31.9 Å². The molecule has 1 aromatic carbocycles. The Balaban J connectivity index is 2.50. The van der Waals surface area contributed by atoms with Gasteiger partial charge in [0.1, 0.15) is 0 Å². The zero-order chi connectivity index (χ0) is 23.8. The van der Waals surface area contributed by atoms with Crippen LogP contribution in [0.4, 0.5) is 5.69 Å². The van der Waals surface area contributed by atoms with Crippen LogP contribution >= 0.6 is 22.6 Å². The molecular formula is C24H36INO6. The summed E-state index contributed by atoms with van der Waals surface area (Å²) in [5.74, 6) is -1.33. The molecule has 0 saturated carbocycles. The molecule has 0 spiro atoms. The van der Waals surface area contributed by atoms with E-state index in [2.05, 4.69) is 6.92 Å². The number of nitrogens with zero attached hydrogens (tertiary/aromatic N) is 1. The summed E-state index contributed by atoms with van der Waals surface area (Å²) in [6.45, 7) is 3.95. The summed E-state index contributed by atoms with van der Waals surface area (Å²) in [5, 5.41) is 11.4. The molecule has 0 aliphatic rings. The van der Waals surface area contributed by atoms with Gasteiger partial charge in [0, 0.05) is 6.42 Å². The van der Waals surface area contributed by atoms with Crippen molar-refractivity contribution in [1.82, 2.24) is 0 Å². The first kappa shape index (κ1) is 28.3. The van der Waals surface area contributed by atoms with E-state index >= 15 is 0 Å². The smallest absolute Gasteiger partial charge is 0.355 e. The molecule has 1 aromatic rings. The molecule has 32 heavy (non-hydrogen) atoms. The first-order valence-electron chi connectivity index (χ1n) is 11.7. The average Bonchev–Trinajstić information content (AvgIpc) is 2.75. The van der Waals surface area contributed by atoms with Crippen LogP contribution in [0.2, 0.25) is 0 Å². The minimum atomic E-state index is -1.49. The molecule has 0 aromatic heterocycles. The molecule has 0 aliphatic carbocycles. The standard InChI is InChI=1S/C24H36INO6/c1-3-5-6-7-8-9-10-11-12-13-14-17-20(27)23(24(28)31-4-2)32-21-18-15-16-19(25)22(21)26(29)30/h15-16,18,23H,3-14,17H2,1-2H3. The third-order valence-electron chi connectivity index (χ3n) is 5.20. The molecule has 1 rings (SSSR count). The first-order chi connectivity index (χ1) is 15.4. The molecule has 0 fully saturated rings. The quantitative estimate of drug-likeness (QED) is 0.0490. The number of hydrogen-bond donors (Lipinski definition) is 0. The van der Waals surface area contributed by atoms with E-state index in [9.17, 15) is 19.7 Å². The normalized spacial score (nSPS) is 11.7. The van der Waals surface area contributed by atoms with Crippen LogP contribution in [-0.2, 0) is 14.3 Å². The molecule has 0 radical (unpaired) electrons. The monoisotopic (exact) mass is 561 g/mol. The molecule has 8 heteroatoms. The number of hydrogen-bond acceptors (Lipinski definition) is 6. The molecular weight excluding hydrogens is 525 g/mol. The molecule has 1 atom stereocenters. The zero-order valence-electron chi connectivity index (χ0n) is 19.3. The Morgan fingerprint density at radius 1 is 0.969 bits per heavy atom. The van der Waals surface area contributed by atoms with E-state index in [4.69, 9.17) is 9.47 Å². The van der Waals surface area contributed by atoms with Crippen molar-refractivity contribution >= 4 is 40.0 Å². The Hall–Kier alpha value is -1.71. The van der Waals surface area contributed by atoms with Crippen LogP contribution < -0.4 is 4.74 Å². The van der Waals surface area contributed by atoms with Gasteiger partial charge in [0.25, 0.3) is 6.10 Å². The second-order valence-corrected chi connectivity index (χ2v) is 9.01. The maximum atomic E-state index is 12.7. The van der Waals surface area contributed by atoms with Gasteiger partial charge < -0.3 is 9.47 Å². The molecule has 0 bridgehead atoms. The van der Waals surface area contributed by atoms with E-state index < -0.39 is 22.8 Å². The summed E-state index contributed by atoms with van der Waals surface area (Å²) >= 11 is 1.83. The lowest BCUT2D eigenvalue weighted by molar-refractivity contribution is -0.386. The van der Waals surface area contributed by atoms with Crippen molar-refractivity contribution in [3.63, 3.8) is 0 Å². The van der Waals surface area contributed by atoms with Crippen molar-refractivity contribution in [3.8, 4) is 5.75 Å². The average molecular weight is 561 g/mol. The summed E-state index contributed by atoms with van der Waals surface area (Å²) in [5.41, 5.74) is -0.259. The van der Waals surface area contributed by atoms with E-state index in [1.165, 1.54) is 51.0 Å². The number of rotatable bonds is 18. The van der Waals surface area contributed by atoms with E-state index in [1.54, 1.807) is 19.1 Å². The number of carbonyl (C=O) groups is 2. The second kappa shape index (κ2) is 16.9. The number of nitro benzene ring substituents is 1. The Morgan fingerprint density at radius 3 is 2.06 bits per heavy atom. The molecule has 1 unspecified atom stereocenters. The van der Waals surface area contributed by atoms with Gasteiger partial charge in [0.2, 0.25) is 0 Å². The van der Waals surface area contributed by atoms with Gasteiger partial charge in [-0.3, -0.25) is 14.9 Å². The van der Waals surface area contributed by atoms with Gasteiger partial charge in [0.05, 0.1) is 15.1 Å². The van der Waals surface area contributed by atoms with Crippen molar-refractivity contribution < 1.29 is 24.0 Å². The highest BCUT2D eigenvalue weighted by molar-refractivity contribution is 14.1. The van der Waals surface area contributed by atoms with Gasteiger partial charge in [-0.15, -0.1) is 0 Å². The molecule has 0 N–H and O–H groups in total. The van der Waals surface area contributed by atoms with Gasteiger partial charge >= 0.3 is 11.7 Å². The lowest BCUT2D eigenvalue weighted by atomic mass is 10.0. The van der Waals surface area contributed by atoms with Crippen LogP contribution in [0.3, 0.4) is 0 Å². The van der Waals surface area contributed by atoms with Crippen LogP contribution in [0.25, 0.3) is 0 Å². The van der Waals surface area contributed by atoms with E-state index in [-0.39, 0.29) is 24.5 Å². The van der Waals surface area contributed by atoms with Crippen LogP contribution in [0.1, 0.15) is 90.9 Å². The maximum absolute atomic E-state index is 12.7. The predicted octanol–water partition coefficient (Wildman–Crippen LogP) is 6.78. The summed E-state index contributed by atoms with van der Waals surface area (Å²) in [6, 6.07) is 4.54. The van der Waals surface area contributed by atoms with Crippen molar-refractivity contribution in [2.24, 2.45) is 0 Å². The number of benzene rings is 1. The fraction of sp³-hybridized carbons (Fsp3) is 0.667. The lowest BCUT2D eigenvalue weighted by Gasteiger charge is -2.17. The van der Waals surface area contributed by atoms with Crippen molar-refractivity contribution in [1.29, 1.82) is 0 Å². The lowest BCUT2D eigenvalue weighted by Crippen LogP contribution is -2.37. The van der Waals surface area contributed by atoms with Crippen molar-refractivity contribution in [2.75, 3.05) is 6.61 Å². The number of unbranched alkanes of at least 4 members (excludes halogenated alkanes) is 10. The van der Waals surface area contributed by atoms with Gasteiger partial charge in [-0.25, -0.2) is 4.79 Å². The number of esters is 1. The minimum absolute atomic E-state index is 0.0961.